The summed E-state index contributed by atoms with van der Waals surface area (Å²) >= 11 is 1.76. The van der Waals surface area contributed by atoms with E-state index < -0.39 is 0 Å². The molecule has 3 rings (SSSR count). The first kappa shape index (κ1) is 17.7. The third-order valence-electron chi connectivity index (χ3n) is 4.59. The largest absolute Gasteiger partial charge is 0.493 e. The smallest absolute Gasteiger partial charge is 0.161 e. The summed E-state index contributed by atoms with van der Waals surface area (Å²) < 4.78 is 12.1. The summed E-state index contributed by atoms with van der Waals surface area (Å²) in [5, 5.41) is 1.14. The van der Waals surface area contributed by atoms with Crippen LogP contribution in [0.3, 0.4) is 0 Å². The molecule has 5 heteroatoms. The monoisotopic (exact) mass is 356 g/mol. The molecule has 0 saturated carbocycles. The number of aryl methyl sites for hydroxylation is 1. The van der Waals surface area contributed by atoms with E-state index in [1.165, 1.54) is 15.8 Å². The van der Waals surface area contributed by atoms with Crippen molar-refractivity contribution < 1.29 is 9.47 Å². The van der Waals surface area contributed by atoms with E-state index in [2.05, 4.69) is 50.1 Å². The minimum atomic E-state index is 0.241. The Bertz CT molecular complexity index is 842. The van der Waals surface area contributed by atoms with Gasteiger partial charge in [0.15, 0.2) is 11.5 Å². The van der Waals surface area contributed by atoms with Crippen LogP contribution in [0.5, 0.6) is 11.5 Å². The molecule has 0 aliphatic carbocycles. The van der Waals surface area contributed by atoms with Crippen molar-refractivity contribution in [3.8, 4) is 11.5 Å². The van der Waals surface area contributed by atoms with Gasteiger partial charge in [0, 0.05) is 6.54 Å². The van der Waals surface area contributed by atoms with Gasteiger partial charge in [0.2, 0.25) is 0 Å². The zero-order valence-corrected chi connectivity index (χ0v) is 16.2. The van der Waals surface area contributed by atoms with Crippen LogP contribution >= 0.6 is 11.3 Å². The Morgan fingerprint density at radius 3 is 2.48 bits per heavy atom. The van der Waals surface area contributed by atoms with Crippen LogP contribution in [0.4, 0.5) is 0 Å². The van der Waals surface area contributed by atoms with Gasteiger partial charge >= 0.3 is 0 Å². The van der Waals surface area contributed by atoms with E-state index in [9.17, 15) is 0 Å². The van der Waals surface area contributed by atoms with E-state index >= 15 is 0 Å². The molecule has 0 fully saturated rings. The van der Waals surface area contributed by atoms with Crippen LogP contribution in [-0.4, -0.2) is 31.2 Å². The standard InChI is InChI=1S/C20H24N2O2S/c1-13-10-17(23-4)18(24-5)11-15(13)12-22(3)14(2)20-21-16-8-6-7-9-19(16)25-20/h6-11,14H,12H2,1-5H3/t14-/m1/s1. The van der Waals surface area contributed by atoms with Gasteiger partial charge in [-0.05, 0) is 56.3 Å². The minimum Gasteiger partial charge on any atom is -0.493 e. The second-order valence-corrected chi connectivity index (χ2v) is 7.31. The van der Waals surface area contributed by atoms with Crippen LogP contribution in [0, 0.1) is 6.92 Å². The molecule has 1 heterocycles. The Morgan fingerprint density at radius 2 is 1.80 bits per heavy atom. The quantitative estimate of drug-likeness (QED) is 0.634. The summed E-state index contributed by atoms with van der Waals surface area (Å²) in [5.41, 5.74) is 3.50. The lowest BCUT2D eigenvalue weighted by atomic mass is 10.1. The topological polar surface area (TPSA) is 34.6 Å². The maximum absolute atomic E-state index is 5.44. The SMILES string of the molecule is COc1cc(C)c(CN(C)[C@H](C)c2nc3ccccc3s2)cc1OC. The Balaban J connectivity index is 1.82. The number of aromatic nitrogens is 1. The summed E-state index contributed by atoms with van der Waals surface area (Å²) in [5.74, 6) is 1.54. The van der Waals surface area contributed by atoms with Crippen LogP contribution in [0.2, 0.25) is 0 Å². The van der Waals surface area contributed by atoms with Crippen LogP contribution in [0.1, 0.15) is 29.1 Å². The van der Waals surface area contributed by atoms with Crippen LogP contribution in [0.15, 0.2) is 36.4 Å². The van der Waals surface area contributed by atoms with Crippen LogP contribution in [0.25, 0.3) is 10.2 Å². The number of thiazole rings is 1. The van der Waals surface area contributed by atoms with Gasteiger partial charge < -0.3 is 9.47 Å². The fraction of sp³-hybridized carbons (Fsp3) is 0.350. The number of methoxy groups -OCH3 is 2. The third-order valence-corrected chi connectivity index (χ3v) is 5.80. The first-order valence-corrected chi connectivity index (χ1v) is 9.12. The molecule has 1 atom stereocenters. The summed E-state index contributed by atoms with van der Waals surface area (Å²) in [6.45, 7) is 5.13. The lowest BCUT2D eigenvalue weighted by Crippen LogP contribution is -2.22. The number of para-hydroxylation sites is 1. The molecule has 0 unspecified atom stereocenters. The number of hydrogen-bond donors (Lipinski definition) is 0. The molecule has 0 aliphatic heterocycles. The summed E-state index contributed by atoms with van der Waals surface area (Å²) in [7, 11) is 5.47. The molecule has 4 nitrogen and oxygen atoms in total. The molecule has 132 valence electrons. The molecule has 0 aliphatic rings. The predicted molar refractivity (Wildman–Crippen MR) is 104 cm³/mol. The number of rotatable bonds is 6. The maximum atomic E-state index is 5.44. The third kappa shape index (κ3) is 3.62. The van der Waals surface area contributed by atoms with Crippen molar-refractivity contribution in [3.63, 3.8) is 0 Å². The minimum absolute atomic E-state index is 0.241. The van der Waals surface area contributed by atoms with Gasteiger partial charge in [-0.1, -0.05) is 12.1 Å². The van der Waals surface area contributed by atoms with Gasteiger partial charge in [-0.15, -0.1) is 11.3 Å². The molecule has 3 aromatic rings. The zero-order chi connectivity index (χ0) is 18.0. The summed E-state index contributed by atoms with van der Waals surface area (Å²) in [6.07, 6.45) is 0. The van der Waals surface area contributed by atoms with Crippen LogP contribution < -0.4 is 9.47 Å². The van der Waals surface area contributed by atoms with Gasteiger partial charge in [-0.2, -0.15) is 0 Å². The maximum Gasteiger partial charge on any atom is 0.161 e. The van der Waals surface area contributed by atoms with E-state index in [0.29, 0.717) is 0 Å². The van der Waals surface area contributed by atoms with Crippen molar-refractivity contribution in [2.45, 2.75) is 26.4 Å². The average Bonchev–Trinajstić information content (AvgIpc) is 3.06. The van der Waals surface area contributed by atoms with Gasteiger partial charge in [0.25, 0.3) is 0 Å². The van der Waals surface area contributed by atoms with Gasteiger partial charge in [0.05, 0.1) is 30.5 Å². The molecular weight excluding hydrogens is 332 g/mol. The Hall–Kier alpha value is -2.11. The first-order chi connectivity index (χ1) is 12.0. The van der Waals surface area contributed by atoms with Crippen molar-refractivity contribution >= 4 is 21.6 Å². The highest BCUT2D eigenvalue weighted by atomic mass is 32.1. The summed E-state index contributed by atoms with van der Waals surface area (Å²) in [4.78, 5) is 7.10. The van der Waals surface area contributed by atoms with Gasteiger partial charge in [0.1, 0.15) is 5.01 Å². The number of ether oxygens (including phenoxy) is 2. The van der Waals surface area contributed by atoms with E-state index in [1.807, 2.05) is 12.1 Å². The van der Waals surface area contributed by atoms with Crippen molar-refractivity contribution in [2.24, 2.45) is 0 Å². The van der Waals surface area contributed by atoms with E-state index in [0.717, 1.165) is 28.6 Å². The zero-order valence-electron chi connectivity index (χ0n) is 15.4. The number of nitrogens with zero attached hydrogens (tertiary/aromatic N) is 2. The highest BCUT2D eigenvalue weighted by Crippen LogP contribution is 2.33. The molecule has 0 spiro atoms. The first-order valence-electron chi connectivity index (χ1n) is 8.30. The lowest BCUT2D eigenvalue weighted by Gasteiger charge is -2.24. The molecule has 0 amide bonds. The molecule has 0 bridgehead atoms. The molecule has 0 saturated heterocycles. The Kier molecular flexibility index (Phi) is 5.25. The summed E-state index contributed by atoms with van der Waals surface area (Å²) in [6, 6.07) is 12.6. The molecule has 2 aromatic carbocycles. The van der Waals surface area contributed by atoms with Crippen molar-refractivity contribution in [1.82, 2.24) is 9.88 Å². The predicted octanol–water partition coefficient (Wildman–Crippen LogP) is 4.81. The van der Waals surface area contributed by atoms with E-state index in [4.69, 9.17) is 14.5 Å². The second-order valence-electron chi connectivity index (χ2n) is 6.24. The normalized spacial score (nSPS) is 12.6. The van der Waals surface area contributed by atoms with Crippen LogP contribution in [-0.2, 0) is 6.54 Å². The Labute approximate surface area is 153 Å². The molecular formula is C20H24N2O2S. The van der Waals surface area contributed by atoms with Crippen molar-refractivity contribution in [3.05, 3.63) is 52.5 Å². The number of fused-ring (bicyclic) bond motifs is 1. The average molecular weight is 356 g/mol. The highest BCUT2D eigenvalue weighted by Gasteiger charge is 2.18. The lowest BCUT2D eigenvalue weighted by molar-refractivity contribution is 0.251. The van der Waals surface area contributed by atoms with Gasteiger partial charge in [-0.3, -0.25) is 4.90 Å². The fourth-order valence-electron chi connectivity index (χ4n) is 2.86. The molecule has 1 aromatic heterocycles. The molecule has 0 radical (unpaired) electrons. The van der Waals surface area contributed by atoms with E-state index in [1.54, 1.807) is 25.6 Å². The van der Waals surface area contributed by atoms with Crippen molar-refractivity contribution in [1.29, 1.82) is 0 Å². The van der Waals surface area contributed by atoms with Gasteiger partial charge in [-0.25, -0.2) is 4.98 Å². The highest BCUT2D eigenvalue weighted by molar-refractivity contribution is 7.18. The second kappa shape index (κ2) is 7.42. The van der Waals surface area contributed by atoms with E-state index in [-0.39, 0.29) is 6.04 Å². The molecule has 0 N–H and O–H groups in total. The number of hydrogen-bond acceptors (Lipinski definition) is 5. The molecule has 25 heavy (non-hydrogen) atoms. The van der Waals surface area contributed by atoms with Crippen molar-refractivity contribution in [2.75, 3.05) is 21.3 Å². The number of benzene rings is 2. The Morgan fingerprint density at radius 1 is 1.12 bits per heavy atom. The fourth-order valence-corrected chi connectivity index (χ4v) is 3.94.